The van der Waals surface area contributed by atoms with Crippen molar-refractivity contribution in [2.24, 2.45) is 0 Å². The lowest BCUT2D eigenvalue weighted by Gasteiger charge is -2.26. The molecule has 1 saturated heterocycles. The normalized spacial score (nSPS) is 14.4. The molecular formula is C32H33ClF3N7O5. The van der Waals surface area contributed by atoms with E-state index in [0.29, 0.717) is 37.6 Å². The van der Waals surface area contributed by atoms with E-state index in [1.807, 2.05) is 0 Å². The number of pyridine rings is 1. The van der Waals surface area contributed by atoms with Crippen LogP contribution in [0.2, 0.25) is 5.02 Å². The minimum atomic E-state index is -4.71. The summed E-state index contributed by atoms with van der Waals surface area (Å²) < 4.78 is 52.8. The van der Waals surface area contributed by atoms with Gasteiger partial charge in [-0.05, 0) is 42.8 Å². The van der Waals surface area contributed by atoms with Gasteiger partial charge in [-0.2, -0.15) is 13.2 Å². The lowest BCUT2D eigenvalue weighted by atomic mass is 10.0. The summed E-state index contributed by atoms with van der Waals surface area (Å²) in [6.07, 6.45) is -2.41. The summed E-state index contributed by atoms with van der Waals surface area (Å²) in [5.41, 5.74) is -0.432. The molecule has 0 bridgehead atoms. The van der Waals surface area contributed by atoms with E-state index in [4.69, 9.17) is 21.1 Å². The van der Waals surface area contributed by atoms with E-state index in [1.54, 1.807) is 31.2 Å². The Labute approximate surface area is 278 Å². The van der Waals surface area contributed by atoms with E-state index in [9.17, 15) is 27.6 Å². The van der Waals surface area contributed by atoms with Gasteiger partial charge in [0.05, 0.1) is 38.4 Å². The first-order chi connectivity index (χ1) is 23.0. The van der Waals surface area contributed by atoms with E-state index in [1.165, 1.54) is 42.1 Å². The monoisotopic (exact) mass is 687 g/mol. The maximum atomic E-state index is 13.5. The van der Waals surface area contributed by atoms with Crippen molar-refractivity contribution in [1.82, 2.24) is 29.8 Å². The van der Waals surface area contributed by atoms with Crippen molar-refractivity contribution in [3.05, 3.63) is 87.6 Å². The van der Waals surface area contributed by atoms with Crippen LogP contribution in [0.25, 0.3) is 16.8 Å². The Morgan fingerprint density at radius 2 is 1.85 bits per heavy atom. The zero-order chi connectivity index (χ0) is 34.4. The van der Waals surface area contributed by atoms with Crippen molar-refractivity contribution < 1.29 is 32.2 Å². The number of rotatable bonds is 11. The van der Waals surface area contributed by atoms with Crippen LogP contribution in [0.5, 0.6) is 5.75 Å². The zero-order valence-corrected chi connectivity index (χ0v) is 26.8. The predicted molar refractivity (Wildman–Crippen MR) is 172 cm³/mol. The highest BCUT2D eigenvalue weighted by Crippen LogP contribution is 2.36. The van der Waals surface area contributed by atoms with Crippen LogP contribution in [-0.4, -0.2) is 82.8 Å². The number of nitrogens with zero attached hydrogens (tertiary/aromatic N) is 5. The molecule has 2 amide bonds. The number of methoxy groups -OCH3 is 1. The van der Waals surface area contributed by atoms with Crippen molar-refractivity contribution in [3.63, 3.8) is 0 Å². The van der Waals surface area contributed by atoms with Gasteiger partial charge in [0.2, 0.25) is 5.91 Å². The third-order valence-electron chi connectivity index (χ3n) is 7.78. The molecule has 1 aliphatic rings. The molecule has 0 radical (unpaired) electrons. The van der Waals surface area contributed by atoms with E-state index in [0.717, 1.165) is 24.0 Å². The quantitative estimate of drug-likeness (QED) is 0.237. The Hall–Kier alpha value is -4.73. The van der Waals surface area contributed by atoms with Crippen LogP contribution in [-0.2, 0) is 15.7 Å². The summed E-state index contributed by atoms with van der Waals surface area (Å²) in [4.78, 5) is 42.0. The van der Waals surface area contributed by atoms with Gasteiger partial charge in [0.1, 0.15) is 11.8 Å². The fraction of sp³-hybridized carbons (Fsp3) is 0.344. The van der Waals surface area contributed by atoms with E-state index in [-0.39, 0.29) is 39.9 Å². The van der Waals surface area contributed by atoms with E-state index < -0.39 is 29.4 Å². The number of hydrogen-bond acceptors (Lipinski definition) is 8. The summed E-state index contributed by atoms with van der Waals surface area (Å²) in [5.74, 6) is -0.648. The Kier molecular flexibility index (Phi) is 10.8. The molecule has 5 rings (SSSR count). The molecule has 1 atom stereocenters. The molecule has 3 heterocycles. The third kappa shape index (κ3) is 8.03. The van der Waals surface area contributed by atoms with Crippen LogP contribution in [0.3, 0.4) is 0 Å². The fourth-order valence-corrected chi connectivity index (χ4v) is 5.48. The number of alkyl halides is 3. The molecule has 1 aliphatic heterocycles. The Bertz CT molecular complexity index is 1840. The smallest absolute Gasteiger partial charge is 0.436 e. The van der Waals surface area contributed by atoms with Crippen molar-refractivity contribution in [3.8, 4) is 22.6 Å². The Morgan fingerprint density at radius 3 is 2.54 bits per heavy atom. The fourth-order valence-electron chi connectivity index (χ4n) is 5.31. The first-order valence-corrected chi connectivity index (χ1v) is 15.5. The molecule has 12 nitrogen and oxygen atoms in total. The Morgan fingerprint density at radius 1 is 1.08 bits per heavy atom. The molecule has 0 unspecified atom stereocenters. The molecule has 2 aromatic carbocycles. The van der Waals surface area contributed by atoms with Crippen molar-refractivity contribution >= 4 is 29.1 Å². The number of anilines is 1. The first kappa shape index (κ1) is 34.6. The average Bonchev–Trinajstić information content (AvgIpc) is 3.57. The molecule has 2 N–H and O–H groups in total. The zero-order valence-electron chi connectivity index (χ0n) is 26.1. The van der Waals surface area contributed by atoms with Gasteiger partial charge in [0.15, 0.2) is 5.69 Å². The summed E-state index contributed by atoms with van der Waals surface area (Å²) >= 11 is 6.24. The first-order valence-electron chi connectivity index (χ1n) is 15.1. The third-order valence-corrected chi connectivity index (χ3v) is 8.01. The number of carbonyl (C=O) groups is 2. The second kappa shape index (κ2) is 15.0. The number of nitrogens with one attached hydrogen (secondary N) is 2. The van der Waals surface area contributed by atoms with Gasteiger partial charge < -0.3 is 20.1 Å². The predicted octanol–water partition coefficient (Wildman–Crippen LogP) is 4.43. The molecule has 1 fully saturated rings. The van der Waals surface area contributed by atoms with Gasteiger partial charge >= 0.3 is 6.18 Å². The number of benzene rings is 2. The topological polar surface area (TPSA) is 133 Å². The Balaban J connectivity index is 1.36. The molecule has 254 valence electrons. The SMILES string of the molecule is CC[C@@H](C(=O)Nc1cccc(C(=O)NCCN2CCOCC2)c1)n1cc(OC)c(-c2cc(Cl)ccc2-n2cc(C(F)(F)F)nn2)cc1=O. The number of aromatic nitrogens is 4. The standard InChI is InChI=1S/C32H33ClF3N7O5/c1-3-25(31(46)38-22-6-4-5-20(15-22)30(45)37-9-10-41-11-13-48-14-12-41)42-18-27(47-2)24(17-29(42)44)23-16-21(33)7-8-26(23)43-19-28(39-40-43)32(34,35)36/h4-8,15-19,25H,3,9-14H2,1-2H3,(H,37,45)(H,38,46)/t25-/m0/s1. The molecule has 4 aromatic rings. The summed E-state index contributed by atoms with van der Waals surface area (Å²) in [6.45, 7) is 5.83. The number of amides is 2. The van der Waals surface area contributed by atoms with Crippen LogP contribution < -0.4 is 20.9 Å². The number of morpholine rings is 1. The van der Waals surface area contributed by atoms with Crippen LogP contribution in [0.1, 0.15) is 35.4 Å². The summed E-state index contributed by atoms with van der Waals surface area (Å²) in [5, 5.41) is 12.8. The van der Waals surface area contributed by atoms with Crippen molar-refractivity contribution in [2.75, 3.05) is 51.8 Å². The second-order valence-corrected chi connectivity index (χ2v) is 11.3. The second-order valence-electron chi connectivity index (χ2n) is 10.9. The van der Waals surface area contributed by atoms with E-state index >= 15 is 0 Å². The lowest BCUT2D eigenvalue weighted by molar-refractivity contribution is -0.141. The minimum absolute atomic E-state index is 0.149. The van der Waals surface area contributed by atoms with Crippen LogP contribution in [0, 0.1) is 0 Å². The molecule has 48 heavy (non-hydrogen) atoms. The van der Waals surface area contributed by atoms with Crippen LogP contribution in [0.4, 0.5) is 18.9 Å². The maximum absolute atomic E-state index is 13.5. The van der Waals surface area contributed by atoms with Crippen LogP contribution in [0.15, 0.2) is 65.7 Å². The van der Waals surface area contributed by atoms with Gasteiger partial charge in [-0.25, -0.2) is 4.68 Å². The van der Waals surface area contributed by atoms with Crippen LogP contribution >= 0.6 is 11.6 Å². The maximum Gasteiger partial charge on any atom is 0.436 e. The van der Waals surface area contributed by atoms with Gasteiger partial charge in [-0.15, -0.1) is 5.10 Å². The van der Waals surface area contributed by atoms with Crippen molar-refractivity contribution in [2.45, 2.75) is 25.6 Å². The number of carbonyl (C=O) groups excluding carboxylic acids is 2. The largest absolute Gasteiger partial charge is 0.495 e. The highest BCUT2D eigenvalue weighted by atomic mass is 35.5. The van der Waals surface area contributed by atoms with Gasteiger partial charge in [0.25, 0.3) is 11.5 Å². The highest BCUT2D eigenvalue weighted by molar-refractivity contribution is 6.31. The molecule has 16 heteroatoms. The summed E-state index contributed by atoms with van der Waals surface area (Å²) in [6, 6.07) is 11.1. The van der Waals surface area contributed by atoms with E-state index in [2.05, 4.69) is 25.8 Å². The number of halogens is 4. The number of ether oxygens (including phenoxy) is 2. The number of hydrogen-bond donors (Lipinski definition) is 2. The van der Waals surface area contributed by atoms with Gasteiger partial charge in [0, 0.05) is 59.6 Å². The summed E-state index contributed by atoms with van der Waals surface area (Å²) in [7, 11) is 1.35. The van der Waals surface area contributed by atoms with Gasteiger partial charge in [-0.3, -0.25) is 23.9 Å². The molecule has 2 aromatic heterocycles. The van der Waals surface area contributed by atoms with Crippen molar-refractivity contribution in [1.29, 1.82) is 0 Å². The molecule has 0 aliphatic carbocycles. The molecular weight excluding hydrogens is 655 g/mol. The minimum Gasteiger partial charge on any atom is -0.495 e. The van der Waals surface area contributed by atoms with Gasteiger partial charge in [-0.1, -0.05) is 29.8 Å². The lowest BCUT2D eigenvalue weighted by Crippen LogP contribution is -2.41. The molecule has 0 spiro atoms. The highest BCUT2D eigenvalue weighted by Gasteiger charge is 2.35. The average molecular weight is 688 g/mol. The molecule has 0 saturated carbocycles.